The number of carbonyl (C=O) groups is 1. The number of amides is 1. The Hall–Kier alpha value is -2.25. The first-order valence-electron chi connectivity index (χ1n) is 10.6. The van der Waals surface area contributed by atoms with Crippen LogP contribution in [0.15, 0.2) is 42.5 Å². The zero-order valence-electron chi connectivity index (χ0n) is 17.1. The predicted molar refractivity (Wildman–Crippen MR) is 117 cm³/mol. The third-order valence-corrected chi connectivity index (χ3v) is 6.31. The van der Waals surface area contributed by atoms with Crippen LogP contribution in [0.25, 0.3) is 0 Å². The van der Waals surface area contributed by atoms with Crippen LogP contribution < -0.4 is 10.2 Å². The van der Waals surface area contributed by atoms with E-state index in [9.17, 15) is 18.0 Å². The van der Waals surface area contributed by atoms with Crippen molar-refractivity contribution in [1.82, 2.24) is 4.90 Å². The molecule has 0 aromatic heterocycles. The molecule has 0 bridgehead atoms. The molecule has 1 N–H and O–H groups in total. The number of benzene rings is 2. The number of nitrogens with zero attached hydrogens (tertiary/aromatic N) is 2. The largest absolute Gasteiger partial charge is 0.416 e. The maximum Gasteiger partial charge on any atom is 0.416 e. The summed E-state index contributed by atoms with van der Waals surface area (Å²) in [5.41, 5.74) is 0.0307. The van der Waals surface area contributed by atoms with Gasteiger partial charge in [-0.15, -0.1) is 0 Å². The normalized spacial score (nSPS) is 18.4. The van der Waals surface area contributed by atoms with Crippen molar-refractivity contribution < 1.29 is 18.0 Å². The summed E-state index contributed by atoms with van der Waals surface area (Å²) in [6, 6.07) is 10.6. The van der Waals surface area contributed by atoms with E-state index in [1.54, 1.807) is 30.3 Å². The van der Waals surface area contributed by atoms with Crippen LogP contribution in [0.1, 0.15) is 41.6 Å². The summed E-state index contributed by atoms with van der Waals surface area (Å²) in [4.78, 5) is 17.2. The molecule has 0 saturated carbocycles. The molecule has 0 radical (unpaired) electrons. The van der Waals surface area contributed by atoms with E-state index in [1.165, 1.54) is 12.8 Å². The molecule has 166 valence electrons. The minimum Gasteiger partial charge on any atom is -0.371 e. The van der Waals surface area contributed by atoms with Gasteiger partial charge in [-0.2, -0.15) is 13.2 Å². The summed E-state index contributed by atoms with van der Waals surface area (Å²) >= 11 is 5.93. The first-order valence-corrected chi connectivity index (χ1v) is 11.0. The van der Waals surface area contributed by atoms with Gasteiger partial charge in [0.15, 0.2) is 0 Å². The molecule has 2 aromatic rings. The highest BCUT2D eigenvalue weighted by atomic mass is 35.5. The number of likely N-dealkylation sites (tertiary alicyclic amines) is 1. The van der Waals surface area contributed by atoms with E-state index >= 15 is 0 Å². The third kappa shape index (κ3) is 5.33. The maximum atomic E-state index is 13.6. The van der Waals surface area contributed by atoms with Gasteiger partial charge in [-0.05, 0) is 75.2 Å². The topological polar surface area (TPSA) is 35.6 Å². The molecule has 8 heteroatoms. The van der Waals surface area contributed by atoms with E-state index in [4.69, 9.17) is 11.6 Å². The van der Waals surface area contributed by atoms with E-state index in [0.717, 1.165) is 38.1 Å². The van der Waals surface area contributed by atoms with Gasteiger partial charge >= 0.3 is 6.18 Å². The van der Waals surface area contributed by atoms with Crippen LogP contribution in [0.4, 0.5) is 24.5 Å². The molecule has 0 unspecified atom stereocenters. The highest BCUT2D eigenvalue weighted by molar-refractivity contribution is 6.31. The van der Waals surface area contributed by atoms with Crippen molar-refractivity contribution in [2.24, 2.45) is 0 Å². The van der Waals surface area contributed by atoms with Gasteiger partial charge in [0.25, 0.3) is 5.91 Å². The molecule has 2 heterocycles. The van der Waals surface area contributed by atoms with Gasteiger partial charge < -0.3 is 15.1 Å². The Morgan fingerprint density at radius 2 is 1.71 bits per heavy atom. The van der Waals surface area contributed by atoms with Gasteiger partial charge in [0, 0.05) is 41.1 Å². The number of anilines is 2. The number of piperidine rings is 1. The second kappa shape index (κ2) is 9.09. The summed E-state index contributed by atoms with van der Waals surface area (Å²) in [5, 5.41) is 3.07. The fourth-order valence-electron chi connectivity index (χ4n) is 4.45. The standard InChI is InChI=1S/C23H25ClF3N3O/c24-18-4-3-5-19(15-18)28-22(31)16-12-17(23(25,26)27)14-21(13-16)30-10-6-20(7-11-30)29-8-1-2-9-29/h3-5,12-15,20H,1-2,6-11H2,(H,28,31). The number of carbonyl (C=O) groups excluding carboxylic acids is 1. The number of alkyl halides is 3. The lowest BCUT2D eigenvalue weighted by atomic mass is 10.0. The molecule has 0 atom stereocenters. The van der Waals surface area contributed by atoms with Crippen LogP contribution in [0.2, 0.25) is 5.02 Å². The van der Waals surface area contributed by atoms with Crippen molar-refractivity contribution in [1.29, 1.82) is 0 Å². The molecular formula is C23H25ClF3N3O. The number of halogens is 4. The molecular weight excluding hydrogens is 427 g/mol. The van der Waals surface area contributed by atoms with Crippen molar-refractivity contribution in [2.75, 3.05) is 36.4 Å². The van der Waals surface area contributed by atoms with Crippen LogP contribution in [0.3, 0.4) is 0 Å². The highest BCUT2D eigenvalue weighted by Crippen LogP contribution is 2.34. The Morgan fingerprint density at radius 3 is 2.35 bits per heavy atom. The molecule has 31 heavy (non-hydrogen) atoms. The average Bonchev–Trinajstić information content (AvgIpc) is 3.28. The summed E-state index contributed by atoms with van der Waals surface area (Å²) in [6.07, 6.45) is -0.257. The first-order chi connectivity index (χ1) is 14.8. The van der Waals surface area contributed by atoms with E-state index in [0.29, 0.717) is 35.5 Å². The van der Waals surface area contributed by atoms with Crippen LogP contribution in [-0.4, -0.2) is 43.0 Å². The minimum atomic E-state index is -4.53. The molecule has 2 fully saturated rings. The Labute approximate surface area is 185 Å². The van der Waals surface area contributed by atoms with Crippen LogP contribution >= 0.6 is 11.6 Å². The molecule has 1 amide bonds. The third-order valence-electron chi connectivity index (χ3n) is 6.08. The fourth-order valence-corrected chi connectivity index (χ4v) is 4.64. The van der Waals surface area contributed by atoms with Crippen molar-refractivity contribution >= 4 is 28.9 Å². The minimum absolute atomic E-state index is 0.0218. The van der Waals surface area contributed by atoms with E-state index in [1.807, 2.05) is 4.90 Å². The number of hydrogen-bond acceptors (Lipinski definition) is 3. The Balaban J connectivity index is 1.54. The Kier molecular flexibility index (Phi) is 6.44. The van der Waals surface area contributed by atoms with Gasteiger partial charge in [-0.1, -0.05) is 17.7 Å². The lowest BCUT2D eigenvalue weighted by Gasteiger charge is -2.38. The molecule has 2 aliphatic rings. The van der Waals surface area contributed by atoms with Crippen LogP contribution in [-0.2, 0) is 6.18 Å². The van der Waals surface area contributed by atoms with Crippen LogP contribution in [0, 0.1) is 0 Å². The van der Waals surface area contributed by atoms with Gasteiger partial charge in [0.1, 0.15) is 0 Å². The second-order valence-electron chi connectivity index (χ2n) is 8.19. The summed E-state index contributed by atoms with van der Waals surface area (Å²) in [5.74, 6) is -0.596. The predicted octanol–water partition coefficient (Wildman–Crippen LogP) is 5.68. The number of nitrogens with one attached hydrogen (secondary N) is 1. The molecule has 0 spiro atoms. The molecule has 2 aromatic carbocycles. The zero-order valence-corrected chi connectivity index (χ0v) is 17.8. The lowest BCUT2D eigenvalue weighted by Crippen LogP contribution is -2.44. The fraction of sp³-hybridized carbons (Fsp3) is 0.435. The Bertz CT molecular complexity index is 936. The first kappa shape index (κ1) is 22.0. The van der Waals surface area contributed by atoms with Crippen molar-refractivity contribution in [3.63, 3.8) is 0 Å². The number of rotatable bonds is 4. The molecule has 0 aliphatic carbocycles. The summed E-state index contributed by atoms with van der Waals surface area (Å²) in [7, 11) is 0. The molecule has 2 saturated heterocycles. The SMILES string of the molecule is O=C(Nc1cccc(Cl)c1)c1cc(N2CCC(N3CCCC3)CC2)cc(C(F)(F)F)c1. The van der Waals surface area contributed by atoms with Crippen LogP contribution in [0.5, 0.6) is 0 Å². The maximum absolute atomic E-state index is 13.6. The lowest BCUT2D eigenvalue weighted by molar-refractivity contribution is -0.137. The molecule has 4 nitrogen and oxygen atoms in total. The van der Waals surface area contributed by atoms with E-state index in [-0.39, 0.29) is 5.56 Å². The van der Waals surface area contributed by atoms with E-state index in [2.05, 4.69) is 10.2 Å². The van der Waals surface area contributed by atoms with Crippen molar-refractivity contribution in [2.45, 2.75) is 37.9 Å². The van der Waals surface area contributed by atoms with Gasteiger partial charge in [-0.25, -0.2) is 0 Å². The zero-order chi connectivity index (χ0) is 22.0. The van der Waals surface area contributed by atoms with E-state index < -0.39 is 17.6 Å². The summed E-state index contributed by atoms with van der Waals surface area (Å²) in [6.45, 7) is 3.58. The monoisotopic (exact) mass is 451 g/mol. The second-order valence-corrected chi connectivity index (χ2v) is 8.63. The Morgan fingerprint density at radius 1 is 1.00 bits per heavy atom. The average molecular weight is 452 g/mol. The van der Waals surface area contributed by atoms with Gasteiger partial charge in [0.05, 0.1) is 5.56 Å². The van der Waals surface area contributed by atoms with Gasteiger partial charge in [0.2, 0.25) is 0 Å². The quantitative estimate of drug-likeness (QED) is 0.650. The molecule has 4 rings (SSSR count). The van der Waals surface area contributed by atoms with Crippen molar-refractivity contribution in [3.8, 4) is 0 Å². The molecule has 2 aliphatic heterocycles. The van der Waals surface area contributed by atoms with Crippen molar-refractivity contribution in [3.05, 3.63) is 58.6 Å². The number of hydrogen-bond donors (Lipinski definition) is 1. The van der Waals surface area contributed by atoms with Gasteiger partial charge in [-0.3, -0.25) is 4.79 Å². The highest BCUT2D eigenvalue weighted by Gasteiger charge is 2.33. The summed E-state index contributed by atoms with van der Waals surface area (Å²) < 4.78 is 40.7. The smallest absolute Gasteiger partial charge is 0.371 e.